The van der Waals surface area contributed by atoms with Crippen LogP contribution in [0.15, 0.2) is 0 Å². The molecule has 0 aromatic rings. The molecule has 0 unspecified atom stereocenters. The van der Waals surface area contributed by atoms with Crippen molar-refractivity contribution >= 4 is 11.9 Å². The number of nitrogens with one attached hydrogen (secondary N) is 2. The number of aliphatic carboxylic acids is 1. The largest absolute Gasteiger partial charge is 0.480 e. The van der Waals surface area contributed by atoms with Crippen LogP contribution in [-0.2, 0) is 9.59 Å². The molecule has 1 amide bonds. The van der Waals surface area contributed by atoms with Crippen LogP contribution in [0.25, 0.3) is 0 Å². The van der Waals surface area contributed by atoms with E-state index in [1.54, 1.807) is 13.8 Å². The van der Waals surface area contributed by atoms with Crippen molar-refractivity contribution in [2.24, 2.45) is 5.41 Å². The topological polar surface area (TPSA) is 78.4 Å². The minimum absolute atomic E-state index is 0.0394. The molecule has 0 aliphatic carbocycles. The minimum atomic E-state index is -0.966. The number of carboxylic acids is 1. The first-order valence-electron chi connectivity index (χ1n) is 5.34. The summed E-state index contributed by atoms with van der Waals surface area (Å²) in [5, 5.41) is 14.4. The van der Waals surface area contributed by atoms with Crippen LogP contribution in [0.3, 0.4) is 0 Å². The first kappa shape index (κ1) is 14.9. The monoisotopic (exact) mass is 230 g/mol. The molecular weight excluding hydrogens is 208 g/mol. The zero-order valence-electron chi connectivity index (χ0n) is 10.7. The van der Waals surface area contributed by atoms with Crippen molar-refractivity contribution < 1.29 is 14.7 Å². The van der Waals surface area contributed by atoms with E-state index in [2.05, 4.69) is 10.6 Å². The van der Waals surface area contributed by atoms with Crippen LogP contribution in [0.1, 0.15) is 34.6 Å². The van der Waals surface area contributed by atoms with E-state index in [1.807, 2.05) is 20.8 Å². The Morgan fingerprint density at radius 2 is 1.56 bits per heavy atom. The van der Waals surface area contributed by atoms with Crippen LogP contribution in [-0.4, -0.2) is 35.6 Å². The van der Waals surface area contributed by atoms with Crippen LogP contribution < -0.4 is 10.6 Å². The van der Waals surface area contributed by atoms with Crippen LogP contribution in [0, 0.1) is 5.41 Å². The van der Waals surface area contributed by atoms with Gasteiger partial charge in [0.2, 0.25) is 5.91 Å². The summed E-state index contributed by atoms with van der Waals surface area (Å²) in [5.74, 6) is -0.947. The highest BCUT2D eigenvalue weighted by Gasteiger charge is 2.26. The zero-order valence-corrected chi connectivity index (χ0v) is 10.7. The summed E-state index contributed by atoms with van der Waals surface area (Å²) in [4.78, 5) is 22.2. The van der Waals surface area contributed by atoms with E-state index in [0.717, 1.165) is 0 Å². The van der Waals surface area contributed by atoms with Crippen molar-refractivity contribution in [3.05, 3.63) is 0 Å². The second-order valence-corrected chi connectivity index (χ2v) is 5.36. The van der Waals surface area contributed by atoms with Crippen molar-refractivity contribution in [3.63, 3.8) is 0 Å². The molecule has 0 aliphatic heterocycles. The van der Waals surface area contributed by atoms with Crippen molar-refractivity contribution in [1.82, 2.24) is 10.6 Å². The molecule has 0 saturated heterocycles. The third kappa shape index (κ3) is 5.11. The summed E-state index contributed by atoms with van der Waals surface area (Å²) >= 11 is 0. The normalized spacial score (nSPS) is 12.3. The molecule has 0 bridgehead atoms. The second-order valence-electron chi connectivity index (χ2n) is 5.36. The Morgan fingerprint density at radius 1 is 1.06 bits per heavy atom. The van der Waals surface area contributed by atoms with E-state index >= 15 is 0 Å². The van der Waals surface area contributed by atoms with Crippen LogP contribution in [0.2, 0.25) is 0 Å². The Morgan fingerprint density at radius 3 is 1.94 bits per heavy atom. The van der Waals surface area contributed by atoms with Gasteiger partial charge in [-0.05, 0) is 13.8 Å². The van der Waals surface area contributed by atoms with E-state index in [0.29, 0.717) is 13.1 Å². The van der Waals surface area contributed by atoms with Crippen molar-refractivity contribution in [1.29, 1.82) is 0 Å². The SMILES string of the molecule is CC(C)(C)C(=O)NCCNC(C)(C)C(=O)O. The lowest BCUT2D eigenvalue weighted by molar-refractivity contribution is -0.143. The molecular formula is C11H22N2O3. The van der Waals surface area contributed by atoms with Crippen molar-refractivity contribution in [3.8, 4) is 0 Å². The van der Waals surface area contributed by atoms with Gasteiger partial charge in [-0.1, -0.05) is 20.8 Å². The molecule has 3 N–H and O–H groups in total. The van der Waals surface area contributed by atoms with Gasteiger partial charge in [0.1, 0.15) is 5.54 Å². The first-order chi connectivity index (χ1) is 7.07. The second kappa shape index (κ2) is 5.30. The van der Waals surface area contributed by atoms with Crippen LogP contribution in [0.5, 0.6) is 0 Å². The summed E-state index contributed by atoms with van der Waals surface area (Å²) in [6, 6.07) is 0. The Labute approximate surface area is 96.6 Å². The Balaban J connectivity index is 3.86. The molecule has 5 heteroatoms. The quantitative estimate of drug-likeness (QED) is 0.604. The molecule has 5 nitrogen and oxygen atoms in total. The van der Waals surface area contributed by atoms with Gasteiger partial charge in [-0.25, -0.2) is 0 Å². The van der Waals surface area contributed by atoms with Crippen molar-refractivity contribution in [2.45, 2.75) is 40.2 Å². The lowest BCUT2D eigenvalue weighted by Gasteiger charge is -2.22. The van der Waals surface area contributed by atoms with E-state index in [-0.39, 0.29) is 5.91 Å². The molecule has 0 spiro atoms. The maximum atomic E-state index is 11.5. The van der Waals surface area contributed by atoms with E-state index < -0.39 is 16.9 Å². The highest BCUT2D eigenvalue weighted by molar-refractivity contribution is 5.81. The number of carboxylic acid groups (broad SMARTS) is 1. The Bertz CT molecular complexity index is 267. The van der Waals surface area contributed by atoms with Crippen molar-refractivity contribution in [2.75, 3.05) is 13.1 Å². The number of carbonyl (C=O) groups excluding carboxylic acids is 1. The van der Waals surface area contributed by atoms with Gasteiger partial charge in [0, 0.05) is 18.5 Å². The third-order valence-electron chi connectivity index (χ3n) is 2.19. The van der Waals surface area contributed by atoms with E-state index in [9.17, 15) is 9.59 Å². The van der Waals surface area contributed by atoms with Gasteiger partial charge in [0.25, 0.3) is 0 Å². The summed E-state index contributed by atoms with van der Waals surface area (Å²) in [5.41, 5.74) is -1.38. The smallest absolute Gasteiger partial charge is 0.323 e. The molecule has 0 rings (SSSR count). The standard InChI is InChI=1S/C11H22N2O3/c1-10(2,3)8(14)12-6-7-13-11(4,5)9(15)16/h13H,6-7H2,1-5H3,(H,12,14)(H,15,16). The summed E-state index contributed by atoms with van der Waals surface area (Å²) in [7, 11) is 0. The lowest BCUT2D eigenvalue weighted by atomic mass is 9.96. The molecule has 0 fully saturated rings. The predicted molar refractivity (Wildman–Crippen MR) is 62.2 cm³/mol. The number of hydrogen-bond donors (Lipinski definition) is 3. The number of rotatable bonds is 5. The lowest BCUT2D eigenvalue weighted by Crippen LogP contribution is -2.49. The fourth-order valence-electron chi connectivity index (χ4n) is 0.892. The van der Waals surface area contributed by atoms with Gasteiger partial charge in [-0.15, -0.1) is 0 Å². The average molecular weight is 230 g/mol. The molecule has 0 heterocycles. The fourth-order valence-corrected chi connectivity index (χ4v) is 0.892. The van der Waals surface area contributed by atoms with Gasteiger partial charge in [-0.2, -0.15) is 0 Å². The van der Waals surface area contributed by atoms with Crippen LogP contribution in [0.4, 0.5) is 0 Å². The molecule has 0 aliphatic rings. The fraction of sp³-hybridized carbons (Fsp3) is 0.818. The highest BCUT2D eigenvalue weighted by Crippen LogP contribution is 2.11. The summed E-state index contributed by atoms with van der Waals surface area (Å²) in [6.45, 7) is 9.51. The molecule has 16 heavy (non-hydrogen) atoms. The molecule has 0 saturated carbocycles. The first-order valence-corrected chi connectivity index (χ1v) is 5.34. The molecule has 0 aromatic heterocycles. The third-order valence-corrected chi connectivity index (χ3v) is 2.19. The van der Waals surface area contributed by atoms with Gasteiger partial charge in [0.15, 0.2) is 0 Å². The predicted octanol–water partition coefficient (Wildman–Crippen LogP) is 0.601. The van der Waals surface area contributed by atoms with E-state index in [4.69, 9.17) is 5.11 Å². The minimum Gasteiger partial charge on any atom is -0.480 e. The van der Waals surface area contributed by atoms with Gasteiger partial charge < -0.3 is 15.7 Å². The number of hydrogen-bond acceptors (Lipinski definition) is 3. The Hall–Kier alpha value is -1.10. The van der Waals surface area contributed by atoms with Gasteiger partial charge >= 0.3 is 5.97 Å². The van der Waals surface area contributed by atoms with E-state index in [1.165, 1.54) is 0 Å². The number of amides is 1. The molecule has 0 radical (unpaired) electrons. The number of carbonyl (C=O) groups is 2. The maximum absolute atomic E-state index is 11.5. The molecule has 0 atom stereocenters. The summed E-state index contributed by atoms with van der Waals surface area (Å²) < 4.78 is 0. The van der Waals surface area contributed by atoms with Crippen LogP contribution >= 0.6 is 0 Å². The average Bonchev–Trinajstić information content (AvgIpc) is 2.10. The zero-order chi connectivity index (χ0) is 13.0. The highest BCUT2D eigenvalue weighted by atomic mass is 16.4. The van der Waals surface area contributed by atoms with Gasteiger partial charge in [0.05, 0.1) is 0 Å². The van der Waals surface area contributed by atoms with Gasteiger partial charge in [-0.3, -0.25) is 9.59 Å². The molecule has 0 aromatic carbocycles. The molecule has 94 valence electrons. The summed E-state index contributed by atoms with van der Waals surface area (Å²) in [6.07, 6.45) is 0. The Kier molecular flexibility index (Phi) is 4.93. The maximum Gasteiger partial charge on any atom is 0.323 e.